The highest BCUT2D eigenvalue weighted by Crippen LogP contribution is 2.39. The summed E-state index contributed by atoms with van der Waals surface area (Å²) in [4.78, 5) is 14.6. The highest BCUT2D eigenvalue weighted by Gasteiger charge is 2.37. The van der Waals surface area contributed by atoms with E-state index in [1.54, 1.807) is 0 Å². The van der Waals surface area contributed by atoms with Crippen LogP contribution in [0.1, 0.15) is 60.6 Å². The van der Waals surface area contributed by atoms with E-state index in [4.69, 9.17) is 15.9 Å². The molecular formula is C17H25N5O2. The highest BCUT2D eigenvalue weighted by atomic mass is 16.4. The van der Waals surface area contributed by atoms with E-state index >= 15 is 0 Å². The van der Waals surface area contributed by atoms with Gasteiger partial charge >= 0.3 is 0 Å². The Kier molecular flexibility index (Phi) is 4.11. The van der Waals surface area contributed by atoms with Crippen LogP contribution >= 0.6 is 0 Å². The number of hydrogen-bond acceptors (Lipinski definition) is 4. The lowest BCUT2D eigenvalue weighted by atomic mass is 9.75. The molecule has 1 saturated heterocycles. The van der Waals surface area contributed by atoms with E-state index in [2.05, 4.69) is 24.1 Å². The molecule has 0 atom stereocenters. The predicted octanol–water partition coefficient (Wildman–Crippen LogP) is 1.77. The second-order valence-corrected chi connectivity index (χ2v) is 7.44. The van der Waals surface area contributed by atoms with Crippen molar-refractivity contribution in [3.63, 3.8) is 0 Å². The van der Waals surface area contributed by atoms with Crippen molar-refractivity contribution >= 4 is 17.6 Å². The average Bonchev–Trinajstić information content (AvgIpc) is 3.11. The number of fused-ring (bicyclic) bond motifs is 1. The van der Waals surface area contributed by atoms with E-state index in [1.807, 2.05) is 11.8 Å². The van der Waals surface area contributed by atoms with Crippen molar-refractivity contribution in [1.82, 2.24) is 4.90 Å². The van der Waals surface area contributed by atoms with Crippen LogP contribution in [0.15, 0.2) is 14.6 Å². The molecule has 2 heterocycles. The molecule has 1 fully saturated rings. The molecular weight excluding hydrogens is 306 g/mol. The number of nitrogens with zero attached hydrogens (tertiary/aromatic N) is 3. The molecule has 0 saturated carbocycles. The summed E-state index contributed by atoms with van der Waals surface area (Å²) in [5.74, 6) is 1.12. The van der Waals surface area contributed by atoms with Gasteiger partial charge in [0.05, 0.1) is 5.71 Å². The number of guanidine groups is 1. The quantitative estimate of drug-likeness (QED) is 0.489. The van der Waals surface area contributed by atoms with Crippen LogP contribution in [0.2, 0.25) is 0 Å². The van der Waals surface area contributed by atoms with Gasteiger partial charge in [0, 0.05) is 30.6 Å². The maximum atomic E-state index is 12.7. The molecule has 0 unspecified atom stereocenters. The minimum atomic E-state index is -0.0815. The van der Waals surface area contributed by atoms with Crippen molar-refractivity contribution in [1.29, 1.82) is 0 Å². The van der Waals surface area contributed by atoms with Gasteiger partial charge in [0.2, 0.25) is 5.96 Å². The van der Waals surface area contributed by atoms with Gasteiger partial charge in [-0.3, -0.25) is 4.79 Å². The first-order valence-electron chi connectivity index (χ1n) is 8.36. The van der Waals surface area contributed by atoms with E-state index in [0.29, 0.717) is 5.76 Å². The van der Waals surface area contributed by atoms with Gasteiger partial charge in [-0.1, -0.05) is 13.8 Å². The summed E-state index contributed by atoms with van der Waals surface area (Å²) >= 11 is 0. The van der Waals surface area contributed by atoms with Crippen LogP contribution in [0, 0.1) is 12.3 Å². The number of hydrogen-bond donors (Lipinski definition) is 2. The van der Waals surface area contributed by atoms with Crippen molar-refractivity contribution < 1.29 is 9.21 Å². The van der Waals surface area contributed by atoms with Crippen LogP contribution in [0.4, 0.5) is 0 Å². The molecule has 1 aliphatic carbocycles. The number of amides is 1. The zero-order chi connectivity index (χ0) is 17.5. The number of rotatable bonds is 2. The average molecular weight is 331 g/mol. The largest absolute Gasteiger partial charge is 0.455 e. The molecule has 1 aromatic heterocycles. The van der Waals surface area contributed by atoms with Crippen molar-refractivity contribution in [2.75, 3.05) is 13.1 Å². The minimum Gasteiger partial charge on any atom is -0.455 e. The molecule has 7 heteroatoms. The summed E-state index contributed by atoms with van der Waals surface area (Å²) in [5.41, 5.74) is 13.3. The molecule has 4 N–H and O–H groups in total. The molecule has 1 aromatic rings. The van der Waals surface area contributed by atoms with E-state index in [9.17, 15) is 4.79 Å². The number of carbonyl (C=O) groups excluding carboxylic acids is 1. The number of furan rings is 1. The van der Waals surface area contributed by atoms with Crippen molar-refractivity contribution in [2.45, 2.75) is 46.5 Å². The van der Waals surface area contributed by atoms with Crippen LogP contribution in [0.25, 0.3) is 0 Å². The fourth-order valence-corrected chi connectivity index (χ4v) is 3.59. The third-order valence-electron chi connectivity index (χ3n) is 4.67. The van der Waals surface area contributed by atoms with Gasteiger partial charge in [-0.25, -0.2) is 0 Å². The van der Waals surface area contributed by atoms with E-state index in [1.165, 1.54) is 0 Å². The lowest BCUT2D eigenvalue weighted by Crippen LogP contribution is -2.28. The molecule has 7 nitrogen and oxygen atoms in total. The summed E-state index contributed by atoms with van der Waals surface area (Å²) in [7, 11) is 0. The number of nitrogens with two attached hydrogens (primary N) is 2. The Morgan fingerprint density at radius 1 is 1.21 bits per heavy atom. The first kappa shape index (κ1) is 16.5. The zero-order valence-corrected chi connectivity index (χ0v) is 14.6. The van der Waals surface area contributed by atoms with Gasteiger partial charge in [-0.2, -0.15) is 5.10 Å². The Bertz CT molecular complexity index is 720. The summed E-state index contributed by atoms with van der Waals surface area (Å²) in [6.07, 6.45) is 3.59. The molecule has 0 aromatic carbocycles. The molecule has 0 radical (unpaired) electrons. The fourth-order valence-electron chi connectivity index (χ4n) is 3.59. The summed E-state index contributed by atoms with van der Waals surface area (Å²) in [6.45, 7) is 7.78. The van der Waals surface area contributed by atoms with E-state index in [0.717, 1.165) is 61.4 Å². The van der Waals surface area contributed by atoms with Gasteiger partial charge in [0.15, 0.2) is 5.76 Å². The number of carbonyl (C=O) groups is 1. The molecule has 130 valence electrons. The smallest absolute Gasteiger partial charge is 0.289 e. The zero-order valence-electron chi connectivity index (χ0n) is 14.6. The molecule has 1 aliphatic heterocycles. The van der Waals surface area contributed by atoms with Crippen LogP contribution in [-0.4, -0.2) is 35.6 Å². The Morgan fingerprint density at radius 2 is 1.88 bits per heavy atom. The molecule has 2 aliphatic rings. The third kappa shape index (κ3) is 3.02. The fraction of sp³-hybridized carbons (Fsp3) is 0.588. The Morgan fingerprint density at radius 3 is 2.50 bits per heavy atom. The topological polar surface area (TPSA) is 110 Å². The molecule has 24 heavy (non-hydrogen) atoms. The van der Waals surface area contributed by atoms with Gasteiger partial charge in [-0.05, 0) is 31.6 Å². The van der Waals surface area contributed by atoms with Gasteiger partial charge in [0.1, 0.15) is 5.76 Å². The maximum Gasteiger partial charge on any atom is 0.289 e. The predicted molar refractivity (Wildman–Crippen MR) is 93.0 cm³/mol. The van der Waals surface area contributed by atoms with Crippen LogP contribution in [0.5, 0.6) is 0 Å². The van der Waals surface area contributed by atoms with Gasteiger partial charge < -0.3 is 20.8 Å². The molecule has 3 rings (SSSR count). The summed E-state index contributed by atoms with van der Waals surface area (Å²) < 4.78 is 6.00. The van der Waals surface area contributed by atoms with Gasteiger partial charge in [0.25, 0.3) is 5.91 Å². The second-order valence-electron chi connectivity index (χ2n) is 7.44. The highest BCUT2D eigenvalue weighted by molar-refractivity contribution is 6.07. The van der Waals surface area contributed by atoms with Crippen LogP contribution in [-0.2, 0) is 6.42 Å². The SMILES string of the molecule is Cc1c(C(=O)N2CCCC2)oc2c1/C(=N\N=C(N)N)CC(C)(C)C2. The van der Waals surface area contributed by atoms with Crippen LogP contribution < -0.4 is 11.5 Å². The standard InChI is InChI=1S/C17H25N5O2/c1-10-13-11(20-21-16(18)19)8-17(2,3)9-12(13)24-14(10)15(23)22-6-4-5-7-22/h4-9H2,1-3H3,(H4,18,19,21)/b20-11-. The Balaban J connectivity index is 2.04. The Labute approximate surface area is 141 Å². The van der Waals surface area contributed by atoms with Gasteiger partial charge in [-0.15, -0.1) is 5.10 Å². The Hall–Kier alpha value is -2.31. The first-order chi connectivity index (χ1) is 11.3. The van der Waals surface area contributed by atoms with Crippen molar-refractivity contribution in [2.24, 2.45) is 27.1 Å². The third-order valence-corrected chi connectivity index (χ3v) is 4.67. The normalized spacial score (nSPS) is 21.0. The monoisotopic (exact) mass is 331 g/mol. The van der Waals surface area contributed by atoms with E-state index < -0.39 is 0 Å². The summed E-state index contributed by atoms with van der Waals surface area (Å²) in [5, 5.41) is 8.03. The van der Waals surface area contributed by atoms with E-state index in [-0.39, 0.29) is 17.3 Å². The minimum absolute atomic E-state index is 0.0248. The molecule has 0 bridgehead atoms. The molecule has 1 amide bonds. The second kappa shape index (κ2) is 5.96. The molecule has 0 spiro atoms. The lowest BCUT2D eigenvalue weighted by Gasteiger charge is -2.29. The lowest BCUT2D eigenvalue weighted by molar-refractivity contribution is 0.0757. The summed E-state index contributed by atoms with van der Waals surface area (Å²) in [6, 6.07) is 0. The van der Waals surface area contributed by atoms with Crippen molar-refractivity contribution in [3.8, 4) is 0 Å². The first-order valence-corrected chi connectivity index (χ1v) is 8.36. The van der Waals surface area contributed by atoms with Crippen LogP contribution in [0.3, 0.4) is 0 Å². The van der Waals surface area contributed by atoms with Crippen molar-refractivity contribution in [3.05, 3.63) is 22.6 Å². The maximum absolute atomic E-state index is 12.7. The number of likely N-dealkylation sites (tertiary alicyclic amines) is 1.